The first-order chi connectivity index (χ1) is 9.95. The van der Waals surface area contributed by atoms with Gasteiger partial charge in [-0.15, -0.1) is 0 Å². The molecule has 0 saturated heterocycles. The van der Waals surface area contributed by atoms with E-state index in [2.05, 4.69) is 5.32 Å². The maximum atomic E-state index is 12.9. The lowest BCUT2D eigenvalue weighted by molar-refractivity contribution is -0.143. The van der Waals surface area contributed by atoms with Crippen LogP contribution in [-0.2, 0) is 23.6 Å². The van der Waals surface area contributed by atoms with E-state index in [0.717, 1.165) is 0 Å². The summed E-state index contributed by atoms with van der Waals surface area (Å²) < 4.78 is 76.1. The summed E-state index contributed by atoms with van der Waals surface area (Å²) in [6.07, 6.45) is -10.7. The highest BCUT2D eigenvalue weighted by molar-refractivity contribution is 5.79. The molecular weight excluding hydrogens is 316 g/mol. The molecule has 1 atom stereocenters. The van der Waals surface area contributed by atoms with Crippen LogP contribution in [0.2, 0.25) is 0 Å². The Morgan fingerprint density at radius 1 is 1.18 bits per heavy atom. The molecule has 124 valence electrons. The fourth-order valence-corrected chi connectivity index (χ4v) is 1.72. The summed E-state index contributed by atoms with van der Waals surface area (Å²) in [6, 6.07) is 0.441. The van der Waals surface area contributed by atoms with E-state index in [9.17, 15) is 31.1 Å². The highest BCUT2D eigenvalue weighted by atomic mass is 19.4. The van der Waals surface area contributed by atoms with Crippen LogP contribution in [0.4, 0.5) is 26.3 Å². The smallest absolute Gasteiger partial charge is 0.394 e. The average Bonchev–Trinajstić information content (AvgIpc) is 2.36. The van der Waals surface area contributed by atoms with Crippen molar-refractivity contribution in [1.29, 1.82) is 0 Å². The molecule has 22 heavy (non-hydrogen) atoms. The molecule has 9 heteroatoms. The SMILES string of the molecule is C[C@H](CO)NC(=O)Cc1ccc(C(F)(F)F)cc1C(F)(F)F. The van der Waals surface area contributed by atoms with Crippen LogP contribution in [0.1, 0.15) is 23.6 Å². The minimum Gasteiger partial charge on any atom is -0.394 e. The Labute approximate surface area is 121 Å². The first-order valence-corrected chi connectivity index (χ1v) is 6.12. The fraction of sp³-hybridized carbons (Fsp3) is 0.462. The van der Waals surface area contributed by atoms with E-state index in [-0.39, 0.29) is 6.07 Å². The number of hydrogen-bond acceptors (Lipinski definition) is 2. The van der Waals surface area contributed by atoms with Gasteiger partial charge < -0.3 is 10.4 Å². The van der Waals surface area contributed by atoms with Gasteiger partial charge in [0.15, 0.2) is 0 Å². The molecule has 1 amide bonds. The van der Waals surface area contributed by atoms with E-state index in [1.165, 1.54) is 6.92 Å². The molecule has 0 saturated carbocycles. The number of nitrogens with one attached hydrogen (secondary N) is 1. The summed E-state index contributed by atoms with van der Waals surface area (Å²) in [7, 11) is 0. The number of hydrogen-bond donors (Lipinski definition) is 2. The molecule has 0 aromatic heterocycles. The van der Waals surface area contributed by atoms with Gasteiger partial charge in [0.05, 0.1) is 24.2 Å². The molecule has 0 aliphatic carbocycles. The number of carbonyl (C=O) groups is 1. The van der Waals surface area contributed by atoms with E-state index < -0.39 is 54.0 Å². The van der Waals surface area contributed by atoms with E-state index >= 15 is 0 Å². The van der Waals surface area contributed by atoms with Crippen molar-refractivity contribution in [3.63, 3.8) is 0 Å². The van der Waals surface area contributed by atoms with Crippen molar-refractivity contribution in [3.8, 4) is 0 Å². The number of rotatable bonds is 4. The van der Waals surface area contributed by atoms with E-state index in [0.29, 0.717) is 12.1 Å². The van der Waals surface area contributed by atoms with Gasteiger partial charge in [0.2, 0.25) is 5.91 Å². The molecule has 0 fully saturated rings. The van der Waals surface area contributed by atoms with Crippen LogP contribution >= 0.6 is 0 Å². The van der Waals surface area contributed by atoms with Crippen molar-refractivity contribution < 1.29 is 36.2 Å². The predicted octanol–water partition coefficient (Wildman–Crippen LogP) is 2.76. The lowest BCUT2D eigenvalue weighted by Gasteiger charge is -2.16. The highest BCUT2D eigenvalue weighted by Crippen LogP contribution is 2.37. The maximum Gasteiger partial charge on any atom is 0.416 e. The zero-order chi connectivity index (χ0) is 17.1. The monoisotopic (exact) mass is 329 g/mol. The number of aliphatic hydroxyl groups excluding tert-OH is 1. The standard InChI is InChI=1S/C13H13F6NO2/c1-7(6-21)20-11(22)4-8-2-3-9(12(14,15)16)5-10(8)13(17,18)19/h2-3,5,7,21H,4,6H2,1H3,(H,20,22)/t7-/m1/s1. The molecule has 0 bridgehead atoms. The number of benzene rings is 1. The third-order valence-electron chi connectivity index (χ3n) is 2.77. The second-order valence-corrected chi connectivity index (χ2v) is 4.70. The first-order valence-electron chi connectivity index (χ1n) is 6.12. The quantitative estimate of drug-likeness (QED) is 0.835. The Balaban J connectivity index is 3.12. The molecule has 0 aliphatic rings. The van der Waals surface area contributed by atoms with Gasteiger partial charge in [0, 0.05) is 6.04 Å². The summed E-state index contributed by atoms with van der Waals surface area (Å²) >= 11 is 0. The van der Waals surface area contributed by atoms with Crippen molar-refractivity contribution in [2.45, 2.75) is 31.7 Å². The zero-order valence-electron chi connectivity index (χ0n) is 11.3. The largest absolute Gasteiger partial charge is 0.416 e. The van der Waals surface area contributed by atoms with E-state index in [1.807, 2.05) is 0 Å². The highest BCUT2D eigenvalue weighted by Gasteiger charge is 2.38. The average molecular weight is 329 g/mol. The topological polar surface area (TPSA) is 49.3 Å². The van der Waals surface area contributed by atoms with Crippen LogP contribution in [0.5, 0.6) is 0 Å². The Bertz CT molecular complexity index is 538. The maximum absolute atomic E-state index is 12.9. The first kappa shape index (κ1) is 18.3. The molecule has 1 rings (SSSR count). The third-order valence-corrected chi connectivity index (χ3v) is 2.77. The molecule has 1 aromatic rings. The van der Waals surface area contributed by atoms with Gasteiger partial charge in [-0.1, -0.05) is 6.07 Å². The Morgan fingerprint density at radius 2 is 1.77 bits per heavy atom. The molecule has 0 heterocycles. The minimum absolute atomic E-state index is 0.0158. The lowest BCUT2D eigenvalue weighted by atomic mass is 10.00. The van der Waals surface area contributed by atoms with Crippen LogP contribution < -0.4 is 5.32 Å². The summed E-state index contributed by atoms with van der Waals surface area (Å²) in [4.78, 5) is 11.5. The molecule has 2 N–H and O–H groups in total. The normalized spacial score (nSPS) is 13.8. The molecule has 0 unspecified atom stereocenters. The van der Waals surface area contributed by atoms with Crippen molar-refractivity contribution in [2.24, 2.45) is 0 Å². The van der Waals surface area contributed by atoms with Crippen LogP contribution in [0.3, 0.4) is 0 Å². The van der Waals surface area contributed by atoms with Crippen LogP contribution in [-0.4, -0.2) is 23.7 Å². The van der Waals surface area contributed by atoms with Crippen molar-refractivity contribution in [3.05, 3.63) is 34.9 Å². The van der Waals surface area contributed by atoms with Crippen LogP contribution in [0.25, 0.3) is 0 Å². The summed E-state index contributed by atoms with van der Waals surface area (Å²) in [5, 5.41) is 11.0. The molecule has 0 spiro atoms. The van der Waals surface area contributed by atoms with Gasteiger partial charge in [0.1, 0.15) is 0 Å². The molecule has 1 aromatic carbocycles. The number of halogens is 6. The van der Waals surface area contributed by atoms with Gasteiger partial charge in [-0.05, 0) is 24.6 Å². The van der Waals surface area contributed by atoms with Gasteiger partial charge in [0.25, 0.3) is 0 Å². The van der Waals surface area contributed by atoms with Crippen LogP contribution in [0, 0.1) is 0 Å². The number of amides is 1. The molecule has 0 aliphatic heterocycles. The fourth-order valence-electron chi connectivity index (χ4n) is 1.72. The van der Waals surface area contributed by atoms with Crippen molar-refractivity contribution in [2.75, 3.05) is 6.61 Å². The van der Waals surface area contributed by atoms with E-state index in [4.69, 9.17) is 5.11 Å². The Kier molecular flexibility index (Phi) is 5.44. The number of alkyl halides is 6. The third kappa shape index (κ3) is 4.90. The minimum atomic E-state index is -5.01. The summed E-state index contributed by atoms with van der Waals surface area (Å²) in [5.41, 5.74) is -3.51. The lowest BCUT2D eigenvalue weighted by Crippen LogP contribution is -2.36. The Morgan fingerprint density at radius 3 is 2.23 bits per heavy atom. The molecule has 0 radical (unpaired) electrons. The molecule has 3 nitrogen and oxygen atoms in total. The van der Waals surface area contributed by atoms with Crippen molar-refractivity contribution in [1.82, 2.24) is 5.32 Å². The van der Waals surface area contributed by atoms with Gasteiger partial charge in [-0.25, -0.2) is 0 Å². The van der Waals surface area contributed by atoms with E-state index in [1.54, 1.807) is 0 Å². The van der Waals surface area contributed by atoms with Gasteiger partial charge in [-0.2, -0.15) is 26.3 Å². The summed E-state index contributed by atoms with van der Waals surface area (Å²) in [5.74, 6) is -0.827. The number of aliphatic hydroxyl groups is 1. The van der Waals surface area contributed by atoms with Gasteiger partial charge >= 0.3 is 12.4 Å². The predicted molar refractivity (Wildman–Crippen MR) is 64.8 cm³/mol. The second-order valence-electron chi connectivity index (χ2n) is 4.70. The van der Waals surface area contributed by atoms with Crippen molar-refractivity contribution >= 4 is 5.91 Å². The van der Waals surface area contributed by atoms with Crippen LogP contribution in [0.15, 0.2) is 18.2 Å². The Hall–Kier alpha value is -1.77. The summed E-state index contributed by atoms with van der Waals surface area (Å²) in [6.45, 7) is 1.01. The van der Waals surface area contributed by atoms with Gasteiger partial charge in [-0.3, -0.25) is 4.79 Å². The zero-order valence-corrected chi connectivity index (χ0v) is 11.3. The molecular formula is C13H13F6NO2. The number of carbonyl (C=O) groups excluding carboxylic acids is 1. The second kappa shape index (κ2) is 6.55.